The molecule has 7 nitrogen and oxygen atoms in total. The Morgan fingerprint density at radius 3 is 2.70 bits per heavy atom. The van der Waals surface area contributed by atoms with Gasteiger partial charge < -0.3 is 20.1 Å². The second kappa shape index (κ2) is 10.1. The lowest BCUT2D eigenvalue weighted by Crippen LogP contribution is -2.50. The van der Waals surface area contributed by atoms with Crippen LogP contribution in [0.1, 0.15) is 64.0 Å². The Hall–Kier alpha value is -1.63. The monoisotopic (exact) mass is 375 g/mol. The number of fused-ring (bicyclic) bond motifs is 1. The maximum Gasteiger partial charge on any atom is 0.191 e. The first-order chi connectivity index (χ1) is 13.2. The van der Waals surface area contributed by atoms with Crippen LogP contribution >= 0.6 is 0 Å². The molecule has 3 rings (SSSR count). The summed E-state index contributed by atoms with van der Waals surface area (Å²) in [4.78, 5) is 6.95. The van der Waals surface area contributed by atoms with Crippen molar-refractivity contribution in [2.45, 2.75) is 83.8 Å². The predicted molar refractivity (Wildman–Crippen MR) is 110 cm³/mol. The second-order valence-corrected chi connectivity index (χ2v) is 8.15. The summed E-state index contributed by atoms with van der Waals surface area (Å²) in [5, 5.41) is 15.9. The van der Waals surface area contributed by atoms with E-state index in [2.05, 4.69) is 49.1 Å². The van der Waals surface area contributed by atoms with E-state index in [0.717, 1.165) is 44.1 Å². The molecule has 1 fully saturated rings. The standard InChI is InChI=1S/C20H37N7/c1-16(2)26-14-10-17(11-15-26)23-20(21-3)22-12-7-9-19-25-24-18-8-5-4-6-13-27(18)19/h16-17H,4-15H2,1-3H3,(H2,21,22,23). The first-order valence-electron chi connectivity index (χ1n) is 10.8. The van der Waals surface area contributed by atoms with Crippen LogP contribution in [0.3, 0.4) is 0 Å². The molecule has 0 radical (unpaired) electrons. The van der Waals surface area contributed by atoms with Gasteiger partial charge in [0.15, 0.2) is 5.96 Å². The topological polar surface area (TPSA) is 70.4 Å². The zero-order chi connectivity index (χ0) is 19.1. The van der Waals surface area contributed by atoms with E-state index in [1.165, 1.54) is 51.0 Å². The van der Waals surface area contributed by atoms with Gasteiger partial charge in [-0.25, -0.2) is 0 Å². The van der Waals surface area contributed by atoms with Crippen molar-refractivity contribution in [2.75, 3.05) is 26.7 Å². The van der Waals surface area contributed by atoms with E-state index in [0.29, 0.717) is 12.1 Å². The predicted octanol–water partition coefficient (Wildman–Crippen LogP) is 1.97. The number of piperidine rings is 1. The van der Waals surface area contributed by atoms with Gasteiger partial charge in [-0.3, -0.25) is 4.99 Å². The number of rotatable bonds is 6. The number of nitrogens with zero attached hydrogens (tertiary/aromatic N) is 5. The quantitative estimate of drug-likeness (QED) is 0.452. The fraction of sp³-hybridized carbons (Fsp3) is 0.850. The molecule has 0 bridgehead atoms. The Bertz CT molecular complexity index is 599. The number of aromatic nitrogens is 3. The number of aryl methyl sites for hydroxylation is 2. The third-order valence-electron chi connectivity index (χ3n) is 5.88. The van der Waals surface area contributed by atoms with Crippen LogP contribution in [0.5, 0.6) is 0 Å². The molecular weight excluding hydrogens is 338 g/mol. The number of nitrogens with one attached hydrogen (secondary N) is 2. The van der Waals surface area contributed by atoms with Crippen LogP contribution in [0.2, 0.25) is 0 Å². The summed E-state index contributed by atoms with van der Waals surface area (Å²) in [6.45, 7) is 8.90. The van der Waals surface area contributed by atoms with Gasteiger partial charge >= 0.3 is 0 Å². The molecule has 0 aromatic carbocycles. The fourth-order valence-corrected chi connectivity index (χ4v) is 4.13. The molecule has 0 amide bonds. The molecule has 27 heavy (non-hydrogen) atoms. The van der Waals surface area contributed by atoms with Gasteiger partial charge in [-0.05, 0) is 46.0 Å². The molecule has 1 aromatic heterocycles. The first-order valence-corrected chi connectivity index (χ1v) is 10.8. The third kappa shape index (κ3) is 5.67. The summed E-state index contributed by atoms with van der Waals surface area (Å²) in [5.41, 5.74) is 0. The Morgan fingerprint density at radius 1 is 1.15 bits per heavy atom. The molecule has 7 heteroatoms. The smallest absolute Gasteiger partial charge is 0.191 e. The molecule has 1 saturated heterocycles. The summed E-state index contributed by atoms with van der Waals surface area (Å²) in [6, 6.07) is 1.18. The van der Waals surface area contributed by atoms with Gasteiger partial charge in [0, 0.05) is 58.2 Å². The molecule has 0 atom stereocenters. The van der Waals surface area contributed by atoms with Crippen LogP contribution in [-0.2, 0) is 19.4 Å². The van der Waals surface area contributed by atoms with Gasteiger partial charge in [0.2, 0.25) is 0 Å². The molecule has 3 heterocycles. The highest BCUT2D eigenvalue weighted by Gasteiger charge is 2.21. The number of hydrogen-bond donors (Lipinski definition) is 2. The van der Waals surface area contributed by atoms with E-state index in [4.69, 9.17) is 0 Å². The number of guanidine groups is 1. The zero-order valence-electron chi connectivity index (χ0n) is 17.4. The van der Waals surface area contributed by atoms with Gasteiger partial charge in [0.05, 0.1) is 0 Å². The Labute approximate surface area is 164 Å². The van der Waals surface area contributed by atoms with E-state index in [9.17, 15) is 0 Å². The molecule has 2 aliphatic rings. The van der Waals surface area contributed by atoms with Gasteiger partial charge in [0.1, 0.15) is 11.6 Å². The lowest BCUT2D eigenvalue weighted by molar-refractivity contribution is 0.167. The average Bonchev–Trinajstić information content (AvgIpc) is 2.90. The lowest BCUT2D eigenvalue weighted by Gasteiger charge is -2.35. The third-order valence-corrected chi connectivity index (χ3v) is 5.88. The van der Waals surface area contributed by atoms with Crippen LogP contribution in [0.4, 0.5) is 0 Å². The maximum atomic E-state index is 4.43. The molecule has 2 N–H and O–H groups in total. The summed E-state index contributed by atoms with van der Waals surface area (Å²) in [7, 11) is 1.86. The second-order valence-electron chi connectivity index (χ2n) is 8.15. The molecule has 152 valence electrons. The number of aliphatic imine (C=N–C) groups is 1. The van der Waals surface area contributed by atoms with Crippen LogP contribution in [0.25, 0.3) is 0 Å². The van der Waals surface area contributed by atoms with E-state index in [1.807, 2.05) is 7.05 Å². The summed E-state index contributed by atoms with van der Waals surface area (Å²) >= 11 is 0. The molecule has 0 saturated carbocycles. The van der Waals surface area contributed by atoms with Crippen molar-refractivity contribution in [1.82, 2.24) is 30.3 Å². The fourth-order valence-electron chi connectivity index (χ4n) is 4.13. The van der Waals surface area contributed by atoms with Gasteiger partial charge in [-0.15, -0.1) is 10.2 Å². The molecule has 0 unspecified atom stereocenters. The van der Waals surface area contributed by atoms with Gasteiger partial charge in [0.25, 0.3) is 0 Å². The van der Waals surface area contributed by atoms with Crippen molar-refractivity contribution < 1.29 is 0 Å². The summed E-state index contributed by atoms with van der Waals surface area (Å²) < 4.78 is 2.35. The number of hydrogen-bond acceptors (Lipinski definition) is 4. The van der Waals surface area contributed by atoms with Crippen molar-refractivity contribution in [3.8, 4) is 0 Å². The minimum atomic E-state index is 0.526. The summed E-state index contributed by atoms with van der Waals surface area (Å²) in [5.74, 6) is 3.26. The molecule has 2 aliphatic heterocycles. The van der Waals surface area contributed by atoms with Crippen LogP contribution in [-0.4, -0.2) is 64.4 Å². The highest BCUT2D eigenvalue weighted by atomic mass is 15.3. The molecule has 0 spiro atoms. The Morgan fingerprint density at radius 2 is 1.96 bits per heavy atom. The molecular formula is C20H37N7. The maximum absolute atomic E-state index is 4.43. The molecule has 1 aromatic rings. The van der Waals surface area contributed by atoms with Crippen LogP contribution in [0, 0.1) is 0 Å². The first kappa shape index (κ1) is 20.1. The van der Waals surface area contributed by atoms with Crippen molar-refractivity contribution in [2.24, 2.45) is 4.99 Å². The minimum Gasteiger partial charge on any atom is -0.356 e. The average molecular weight is 376 g/mol. The summed E-state index contributed by atoms with van der Waals surface area (Å²) in [6.07, 6.45) is 9.28. The number of likely N-dealkylation sites (tertiary alicyclic amines) is 1. The van der Waals surface area contributed by atoms with Crippen LogP contribution in [0.15, 0.2) is 4.99 Å². The zero-order valence-corrected chi connectivity index (χ0v) is 17.4. The highest BCUT2D eigenvalue weighted by molar-refractivity contribution is 5.79. The molecule has 0 aliphatic carbocycles. The Kier molecular flexibility index (Phi) is 7.50. The van der Waals surface area contributed by atoms with E-state index in [1.54, 1.807) is 0 Å². The highest BCUT2D eigenvalue weighted by Crippen LogP contribution is 2.15. The van der Waals surface area contributed by atoms with Crippen molar-refractivity contribution >= 4 is 5.96 Å². The van der Waals surface area contributed by atoms with Gasteiger partial charge in [-0.2, -0.15) is 0 Å². The van der Waals surface area contributed by atoms with E-state index < -0.39 is 0 Å². The van der Waals surface area contributed by atoms with Crippen molar-refractivity contribution in [1.29, 1.82) is 0 Å². The minimum absolute atomic E-state index is 0.526. The van der Waals surface area contributed by atoms with Crippen LogP contribution < -0.4 is 10.6 Å². The van der Waals surface area contributed by atoms with Crippen molar-refractivity contribution in [3.63, 3.8) is 0 Å². The SMILES string of the molecule is CN=C(NCCCc1nnc2n1CCCCC2)NC1CCN(C(C)C)CC1. The lowest BCUT2D eigenvalue weighted by atomic mass is 10.0. The largest absolute Gasteiger partial charge is 0.356 e. The van der Waals surface area contributed by atoms with Crippen molar-refractivity contribution in [3.05, 3.63) is 11.6 Å². The van der Waals surface area contributed by atoms with E-state index >= 15 is 0 Å². The Balaban J connectivity index is 1.38. The van der Waals surface area contributed by atoms with Gasteiger partial charge in [-0.1, -0.05) is 6.42 Å². The normalized spacial score (nSPS) is 19.8. The van der Waals surface area contributed by atoms with E-state index in [-0.39, 0.29) is 0 Å².